The van der Waals surface area contributed by atoms with E-state index in [9.17, 15) is 0 Å². The van der Waals surface area contributed by atoms with E-state index in [4.69, 9.17) is 9.47 Å². The van der Waals surface area contributed by atoms with Gasteiger partial charge in [-0.1, -0.05) is 34.1 Å². The summed E-state index contributed by atoms with van der Waals surface area (Å²) in [6.07, 6.45) is 3.60. The molecule has 2 aromatic carbocycles. The number of methoxy groups -OCH3 is 1. The fourth-order valence-electron chi connectivity index (χ4n) is 4.57. The Labute approximate surface area is 204 Å². The fraction of sp³-hybridized carbons (Fsp3) is 0.462. The highest BCUT2D eigenvalue weighted by molar-refractivity contribution is 9.10. The first kappa shape index (κ1) is 23.7. The van der Waals surface area contributed by atoms with Crippen molar-refractivity contribution in [1.82, 2.24) is 9.80 Å². The maximum Gasteiger partial charge on any atom is 0.125 e. The first-order valence-corrected chi connectivity index (χ1v) is 12.9. The minimum absolute atomic E-state index is 0.539. The van der Waals surface area contributed by atoms with E-state index in [1.165, 1.54) is 46.5 Å². The van der Waals surface area contributed by atoms with Gasteiger partial charge in [0.1, 0.15) is 12.4 Å². The van der Waals surface area contributed by atoms with Gasteiger partial charge in [0.05, 0.1) is 6.61 Å². The van der Waals surface area contributed by atoms with Crippen molar-refractivity contribution >= 4 is 37.4 Å². The number of thiophene rings is 1. The lowest BCUT2D eigenvalue weighted by Crippen LogP contribution is -2.42. The van der Waals surface area contributed by atoms with Crippen molar-refractivity contribution in [2.24, 2.45) is 0 Å². The summed E-state index contributed by atoms with van der Waals surface area (Å²) in [5.41, 5.74) is 2.51. The highest BCUT2D eigenvalue weighted by atomic mass is 79.9. The summed E-state index contributed by atoms with van der Waals surface area (Å²) in [7, 11) is 6.12. The van der Waals surface area contributed by atoms with Gasteiger partial charge in [0.25, 0.3) is 0 Å². The van der Waals surface area contributed by atoms with Gasteiger partial charge in [0.15, 0.2) is 0 Å². The molecule has 2 heterocycles. The number of nitrogens with zero attached hydrogens (tertiary/aromatic N) is 2. The van der Waals surface area contributed by atoms with Crippen LogP contribution in [0.4, 0.5) is 0 Å². The van der Waals surface area contributed by atoms with Gasteiger partial charge >= 0.3 is 0 Å². The van der Waals surface area contributed by atoms with E-state index in [1.807, 2.05) is 23.5 Å². The molecule has 0 radical (unpaired) electrons. The molecule has 0 saturated carbocycles. The molecule has 6 heteroatoms. The van der Waals surface area contributed by atoms with Gasteiger partial charge < -0.3 is 19.3 Å². The minimum Gasteiger partial charge on any atom is -0.488 e. The molecule has 1 aliphatic heterocycles. The molecule has 1 aliphatic rings. The van der Waals surface area contributed by atoms with Gasteiger partial charge in [-0.05, 0) is 81.7 Å². The summed E-state index contributed by atoms with van der Waals surface area (Å²) >= 11 is 5.42. The predicted molar refractivity (Wildman–Crippen MR) is 138 cm³/mol. The average molecular weight is 518 g/mol. The van der Waals surface area contributed by atoms with Crippen LogP contribution in [0.15, 0.2) is 46.9 Å². The maximum atomic E-state index is 6.32. The lowest BCUT2D eigenvalue weighted by Gasteiger charge is -2.35. The molecular formula is C26H33BrN2O2S. The molecule has 0 amide bonds. The van der Waals surface area contributed by atoms with Crippen LogP contribution in [0, 0.1) is 0 Å². The maximum absolute atomic E-state index is 6.32. The van der Waals surface area contributed by atoms with E-state index in [-0.39, 0.29) is 0 Å². The average Bonchev–Trinajstić information content (AvgIpc) is 3.15. The van der Waals surface area contributed by atoms with Gasteiger partial charge in [-0.25, -0.2) is 0 Å². The van der Waals surface area contributed by atoms with Crippen LogP contribution >= 0.6 is 27.3 Å². The van der Waals surface area contributed by atoms with Crippen molar-refractivity contribution in [3.8, 4) is 5.75 Å². The quantitative estimate of drug-likeness (QED) is 0.350. The molecule has 32 heavy (non-hydrogen) atoms. The predicted octanol–water partition coefficient (Wildman–Crippen LogP) is 5.96. The van der Waals surface area contributed by atoms with Crippen molar-refractivity contribution in [2.45, 2.75) is 38.5 Å². The van der Waals surface area contributed by atoms with Crippen LogP contribution < -0.4 is 4.74 Å². The molecule has 0 unspecified atom stereocenters. The highest BCUT2D eigenvalue weighted by Gasteiger charge is 2.21. The van der Waals surface area contributed by atoms with E-state index in [2.05, 4.69) is 70.2 Å². The number of fused-ring (bicyclic) bond motifs is 1. The zero-order chi connectivity index (χ0) is 22.5. The van der Waals surface area contributed by atoms with Crippen LogP contribution in [-0.4, -0.2) is 56.7 Å². The van der Waals surface area contributed by atoms with E-state index in [0.29, 0.717) is 13.2 Å². The lowest BCUT2D eigenvalue weighted by molar-refractivity contribution is 0.146. The molecule has 0 spiro atoms. The monoisotopic (exact) mass is 516 g/mol. The second-order valence-corrected chi connectivity index (χ2v) is 10.8. The minimum atomic E-state index is 0.539. The SMILES string of the molecule is COCc1cc(Br)ccc1OCc1sc2ccccc2c1CCN1CCC(N(C)C)CC1. The molecule has 0 N–H and O–H groups in total. The Bertz CT molecular complexity index is 1030. The number of ether oxygens (including phenoxy) is 2. The van der Waals surface area contributed by atoms with E-state index in [0.717, 1.165) is 34.8 Å². The molecular weight excluding hydrogens is 484 g/mol. The number of likely N-dealkylation sites (tertiary alicyclic amines) is 1. The summed E-state index contributed by atoms with van der Waals surface area (Å²) in [6.45, 7) is 4.62. The van der Waals surface area contributed by atoms with Crippen molar-refractivity contribution in [2.75, 3.05) is 40.8 Å². The van der Waals surface area contributed by atoms with Crippen LogP contribution in [0.5, 0.6) is 5.75 Å². The lowest BCUT2D eigenvalue weighted by atomic mass is 10.0. The molecule has 0 aliphatic carbocycles. The van der Waals surface area contributed by atoms with E-state index < -0.39 is 0 Å². The number of rotatable bonds is 9. The number of benzene rings is 2. The summed E-state index contributed by atoms with van der Waals surface area (Å²) in [6, 6.07) is 15.6. The molecule has 3 aromatic rings. The Morgan fingerprint density at radius 1 is 1.09 bits per heavy atom. The Kier molecular flexibility index (Phi) is 8.24. The number of hydrogen-bond donors (Lipinski definition) is 0. The van der Waals surface area contributed by atoms with Crippen LogP contribution in [0.1, 0.15) is 28.8 Å². The molecule has 4 nitrogen and oxygen atoms in total. The largest absolute Gasteiger partial charge is 0.488 e. The summed E-state index contributed by atoms with van der Waals surface area (Å²) in [5, 5.41) is 1.38. The molecule has 1 saturated heterocycles. The number of halogens is 1. The summed E-state index contributed by atoms with van der Waals surface area (Å²) in [4.78, 5) is 6.34. The standard InChI is InChI=1S/C26H33BrN2O2S/c1-28(2)21-10-13-29(14-11-21)15-12-23-22-6-4-5-7-25(22)32-26(23)18-31-24-9-8-20(27)16-19(24)17-30-3/h4-9,16,21H,10-15,17-18H2,1-3H3. The molecule has 172 valence electrons. The summed E-state index contributed by atoms with van der Waals surface area (Å²) in [5.74, 6) is 0.893. The second kappa shape index (κ2) is 11.1. The first-order chi connectivity index (χ1) is 15.5. The second-order valence-electron chi connectivity index (χ2n) is 8.76. The van der Waals surface area contributed by atoms with Crippen LogP contribution in [0.25, 0.3) is 10.1 Å². The van der Waals surface area contributed by atoms with Crippen molar-refractivity contribution in [3.05, 3.63) is 62.9 Å². The van der Waals surface area contributed by atoms with E-state index >= 15 is 0 Å². The van der Waals surface area contributed by atoms with Gasteiger partial charge in [0.2, 0.25) is 0 Å². The van der Waals surface area contributed by atoms with Crippen LogP contribution in [0.2, 0.25) is 0 Å². The van der Waals surface area contributed by atoms with E-state index in [1.54, 1.807) is 7.11 Å². The topological polar surface area (TPSA) is 24.9 Å². The molecule has 1 fully saturated rings. The van der Waals surface area contributed by atoms with Gasteiger partial charge in [-0.15, -0.1) is 11.3 Å². The fourth-order valence-corrected chi connectivity index (χ4v) is 6.14. The van der Waals surface area contributed by atoms with Crippen molar-refractivity contribution in [1.29, 1.82) is 0 Å². The van der Waals surface area contributed by atoms with Crippen molar-refractivity contribution in [3.63, 3.8) is 0 Å². The molecule has 0 atom stereocenters. The molecule has 4 rings (SSSR count). The number of piperidine rings is 1. The van der Waals surface area contributed by atoms with Gasteiger partial charge in [0, 0.05) is 39.3 Å². The molecule has 0 bridgehead atoms. The third-order valence-electron chi connectivity index (χ3n) is 6.43. The third kappa shape index (κ3) is 5.72. The Morgan fingerprint density at radius 2 is 1.88 bits per heavy atom. The van der Waals surface area contributed by atoms with Crippen LogP contribution in [0.3, 0.4) is 0 Å². The zero-order valence-electron chi connectivity index (χ0n) is 19.3. The van der Waals surface area contributed by atoms with Gasteiger partial charge in [-0.2, -0.15) is 0 Å². The van der Waals surface area contributed by atoms with Crippen LogP contribution in [-0.2, 0) is 24.4 Å². The van der Waals surface area contributed by atoms with Crippen molar-refractivity contribution < 1.29 is 9.47 Å². The Hall–Kier alpha value is -1.44. The first-order valence-electron chi connectivity index (χ1n) is 11.3. The van der Waals surface area contributed by atoms with Gasteiger partial charge in [-0.3, -0.25) is 0 Å². The Balaban J connectivity index is 1.47. The highest BCUT2D eigenvalue weighted by Crippen LogP contribution is 2.34. The summed E-state index contributed by atoms with van der Waals surface area (Å²) < 4.78 is 14.1. The smallest absolute Gasteiger partial charge is 0.125 e. The number of hydrogen-bond acceptors (Lipinski definition) is 5. The Morgan fingerprint density at radius 3 is 2.62 bits per heavy atom. The molecule has 1 aromatic heterocycles. The third-order valence-corrected chi connectivity index (χ3v) is 8.11. The zero-order valence-corrected chi connectivity index (χ0v) is 21.7. The normalized spacial score (nSPS) is 15.7.